The average Bonchev–Trinajstić information content (AvgIpc) is 3.31. The van der Waals surface area contributed by atoms with Crippen LogP contribution < -0.4 is 0 Å². The molecule has 8 nitrogen and oxygen atoms in total. The van der Waals surface area contributed by atoms with Gasteiger partial charge in [0, 0.05) is 6.54 Å². The van der Waals surface area contributed by atoms with Gasteiger partial charge in [-0.1, -0.05) is 26.0 Å². The van der Waals surface area contributed by atoms with Crippen LogP contribution in [0.5, 0.6) is 0 Å². The number of ether oxygens (including phenoxy) is 1. The number of rotatable bonds is 10. The maximum atomic E-state index is 13.6. The number of benzene rings is 1. The number of hydrogen-bond donors (Lipinski definition) is 1. The van der Waals surface area contributed by atoms with Crippen LogP contribution in [0, 0.1) is 13.8 Å². The Kier molecular flexibility index (Phi) is 8.22. The highest BCUT2D eigenvalue weighted by molar-refractivity contribution is 7.14. The number of thiazole rings is 1. The fourth-order valence-corrected chi connectivity index (χ4v) is 5.12. The summed E-state index contributed by atoms with van der Waals surface area (Å²) in [5.41, 5.74) is 1.61. The molecule has 0 saturated heterocycles. The second-order valence-electron chi connectivity index (χ2n) is 8.13. The second-order valence-corrected chi connectivity index (χ2v) is 9.34. The summed E-state index contributed by atoms with van der Waals surface area (Å²) in [7, 11) is 1.31. The van der Waals surface area contributed by atoms with Crippen molar-refractivity contribution < 1.29 is 24.2 Å². The summed E-state index contributed by atoms with van der Waals surface area (Å²) in [5, 5.41) is 11.6. The number of Topliss-reactive ketones (excluding diaryl/α,β-unsaturated/α-hetero) is 1. The first kappa shape index (κ1) is 25.6. The number of amides is 1. The lowest BCUT2D eigenvalue weighted by Crippen LogP contribution is -2.34. The lowest BCUT2D eigenvalue weighted by atomic mass is 9.94. The number of methoxy groups -OCH3 is 1. The number of nitrogens with zero attached hydrogens (tertiary/aromatic N) is 3. The number of esters is 1. The highest BCUT2D eigenvalue weighted by atomic mass is 32.1. The Bertz CT molecular complexity index is 1100. The van der Waals surface area contributed by atoms with Gasteiger partial charge in [-0.3, -0.25) is 9.59 Å². The van der Waals surface area contributed by atoms with E-state index in [1.807, 2.05) is 6.92 Å². The molecule has 9 heteroatoms. The molecule has 3 rings (SSSR count). The minimum absolute atomic E-state index is 0.0467. The Balaban J connectivity index is 2.00. The van der Waals surface area contributed by atoms with Crippen LogP contribution in [0.4, 0.5) is 0 Å². The van der Waals surface area contributed by atoms with Crippen LogP contribution in [0.25, 0.3) is 0 Å². The van der Waals surface area contributed by atoms with Crippen molar-refractivity contribution in [2.75, 3.05) is 33.3 Å². The highest BCUT2D eigenvalue weighted by Crippen LogP contribution is 2.40. The van der Waals surface area contributed by atoms with Gasteiger partial charge in [0.25, 0.3) is 5.91 Å². The lowest BCUT2D eigenvalue weighted by molar-refractivity contribution is -0.129. The molecule has 0 bridgehead atoms. The van der Waals surface area contributed by atoms with E-state index in [0.717, 1.165) is 24.6 Å². The van der Waals surface area contributed by atoms with Gasteiger partial charge < -0.3 is 19.6 Å². The van der Waals surface area contributed by atoms with Crippen molar-refractivity contribution in [1.82, 2.24) is 14.8 Å². The monoisotopic (exact) mass is 485 g/mol. The van der Waals surface area contributed by atoms with E-state index in [4.69, 9.17) is 4.74 Å². The number of aryl methyl sites for hydroxylation is 2. The van der Waals surface area contributed by atoms with E-state index in [9.17, 15) is 19.5 Å². The topological polar surface area (TPSA) is 100 Å². The smallest absolute Gasteiger partial charge is 0.337 e. The summed E-state index contributed by atoms with van der Waals surface area (Å²) < 4.78 is 4.77. The number of aliphatic hydroxyl groups is 1. The SMILES string of the molecule is CCN(CC)CCCN1C(=O)C(O)=C(C(=O)c2sc(C)nc2C)[C@H]1c1ccc(C(=O)OC)cc1. The van der Waals surface area contributed by atoms with E-state index >= 15 is 0 Å². The van der Waals surface area contributed by atoms with E-state index in [2.05, 4.69) is 23.7 Å². The van der Waals surface area contributed by atoms with Crippen LogP contribution in [0.3, 0.4) is 0 Å². The molecule has 2 aromatic rings. The fourth-order valence-electron chi connectivity index (χ4n) is 4.25. The normalized spacial score (nSPS) is 16.0. The zero-order valence-electron chi connectivity index (χ0n) is 20.3. The molecule has 1 aliphatic rings. The van der Waals surface area contributed by atoms with E-state index in [-0.39, 0.29) is 5.57 Å². The standard InChI is InChI=1S/C25H31N3O5S/c1-6-27(7-2)13-8-14-28-20(17-9-11-18(12-10-17)25(32)33-5)19(22(30)24(28)31)21(29)23-15(3)26-16(4)34-23/h9-12,20,30H,6-8,13-14H2,1-5H3/t20-/m1/s1. The predicted molar refractivity (Wildman–Crippen MR) is 130 cm³/mol. The van der Waals surface area contributed by atoms with Gasteiger partial charge in [0.05, 0.1) is 39.9 Å². The zero-order chi connectivity index (χ0) is 25.0. The molecule has 1 N–H and O–H groups in total. The van der Waals surface area contributed by atoms with Crippen LogP contribution in [0.2, 0.25) is 0 Å². The van der Waals surface area contributed by atoms with Crippen molar-refractivity contribution in [3.63, 3.8) is 0 Å². The van der Waals surface area contributed by atoms with Crippen LogP contribution in [0.15, 0.2) is 35.6 Å². The highest BCUT2D eigenvalue weighted by Gasteiger charge is 2.44. The Morgan fingerprint density at radius 1 is 1.18 bits per heavy atom. The minimum Gasteiger partial charge on any atom is -0.503 e. The summed E-state index contributed by atoms with van der Waals surface area (Å²) >= 11 is 1.24. The maximum absolute atomic E-state index is 13.6. The van der Waals surface area contributed by atoms with Gasteiger partial charge in [-0.15, -0.1) is 11.3 Å². The number of carbonyl (C=O) groups excluding carboxylic acids is 3. The van der Waals surface area contributed by atoms with Gasteiger partial charge in [0.1, 0.15) is 0 Å². The van der Waals surface area contributed by atoms with Gasteiger partial charge in [-0.05, 0) is 57.6 Å². The van der Waals surface area contributed by atoms with Crippen LogP contribution in [0.1, 0.15) is 62.6 Å². The summed E-state index contributed by atoms with van der Waals surface area (Å²) in [6.07, 6.45) is 0.692. The fraction of sp³-hybridized carbons (Fsp3) is 0.440. The van der Waals surface area contributed by atoms with E-state index in [1.54, 1.807) is 36.1 Å². The molecule has 1 aliphatic heterocycles. The second kappa shape index (κ2) is 10.9. The number of carbonyl (C=O) groups is 3. The Morgan fingerprint density at radius 3 is 2.35 bits per heavy atom. The van der Waals surface area contributed by atoms with Gasteiger partial charge in [0.2, 0.25) is 5.78 Å². The number of aromatic nitrogens is 1. The molecule has 1 aromatic carbocycles. The van der Waals surface area contributed by atoms with Crippen molar-refractivity contribution in [3.8, 4) is 0 Å². The lowest BCUT2D eigenvalue weighted by Gasteiger charge is -2.28. The molecule has 1 atom stereocenters. The Hall–Kier alpha value is -3.04. The largest absolute Gasteiger partial charge is 0.503 e. The first-order valence-electron chi connectivity index (χ1n) is 11.4. The molecule has 1 aromatic heterocycles. The predicted octanol–water partition coefficient (Wildman–Crippen LogP) is 3.86. The van der Waals surface area contributed by atoms with Gasteiger partial charge >= 0.3 is 5.97 Å². The van der Waals surface area contributed by atoms with Crippen molar-refractivity contribution >= 4 is 29.0 Å². The van der Waals surface area contributed by atoms with Gasteiger partial charge in [-0.25, -0.2) is 9.78 Å². The Morgan fingerprint density at radius 2 is 1.82 bits per heavy atom. The zero-order valence-corrected chi connectivity index (χ0v) is 21.1. The third kappa shape index (κ3) is 5.05. The number of hydrogen-bond acceptors (Lipinski definition) is 8. The van der Waals surface area contributed by atoms with E-state index in [0.29, 0.717) is 34.7 Å². The van der Waals surface area contributed by atoms with Gasteiger partial charge in [-0.2, -0.15) is 0 Å². The number of ketones is 1. The molecule has 0 unspecified atom stereocenters. The summed E-state index contributed by atoms with van der Waals surface area (Å²) in [4.78, 5) is 47.1. The van der Waals surface area contributed by atoms with E-state index < -0.39 is 29.5 Å². The molecule has 0 aliphatic carbocycles. The molecule has 34 heavy (non-hydrogen) atoms. The summed E-state index contributed by atoms with van der Waals surface area (Å²) in [6, 6.07) is 5.82. The molecular formula is C25H31N3O5S. The first-order chi connectivity index (χ1) is 16.2. The van der Waals surface area contributed by atoms with Crippen molar-refractivity contribution in [2.24, 2.45) is 0 Å². The van der Waals surface area contributed by atoms with Crippen molar-refractivity contribution in [1.29, 1.82) is 0 Å². The maximum Gasteiger partial charge on any atom is 0.337 e. The molecule has 0 spiro atoms. The van der Waals surface area contributed by atoms with Crippen LogP contribution >= 0.6 is 11.3 Å². The van der Waals surface area contributed by atoms with Crippen LogP contribution in [-0.4, -0.2) is 70.8 Å². The van der Waals surface area contributed by atoms with Crippen molar-refractivity contribution in [2.45, 2.75) is 40.2 Å². The Labute approximate surface area is 203 Å². The summed E-state index contributed by atoms with van der Waals surface area (Å²) in [5.74, 6) is -1.97. The molecule has 0 radical (unpaired) electrons. The number of aliphatic hydroxyl groups excluding tert-OH is 1. The molecule has 0 fully saturated rings. The first-order valence-corrected chi connectivity index (χ1v) is 12.2. The van der Waals surface area contributed by atoms with Crippen molar-refractivity contribution in [3.05, 3.63) is 62.3 Å². The molecule has 2 heterocycles. The molecule has 0 saturated carbocycles. The van der Waals surface area contributed by atoms with E-state index in [1.165, 1.54) is 18.4 Å². The quantitative estimate of drug-likeness (QED) is 0.403. The summed E-state index contributed by atoms with van der Waals surface area (Å²) in [6.45, 7) is 10.7. The molecule has 182 valence electrons. The molecule has 1 amide bonds. The molecular weight excluding hydrogens is 454 g/mol. The average molecular weight is 486 g/mol. The van der Waals surface area contributed by atoms with Gasteiger partial charge in [0.15, 0.2) is 5.76 Å². The van der Waals surface area contributed by atoms with Crippen LogP contribution in [-0.2, 0) is 9.53 Å². The minimum atomic E-state index is -0.759. The third-order valence-electron chi connectivity index (χ3n) is 6.07. The third-order valence-corrected chi connectivity index (χ3v) is 7.14.